The molecule has 0 N–H and O–H groups in total. The summed E-state index contributed by atoms with van der Waals surface area (Å²) in [4.78, 5) is 37.9. The molecule has 0 aromatic carbocycles. The van der Waals surface area contributed by atoms with E-state index in [-0.39, 0.29) is 37.5 Å². The van der Waals surface area contributed by atoms with E-state index in [2.05, 4.69) is 69.4 Å². The lowest BCUT2D eigenvalue weighted by molar-refractivity contribution is -0.167. The Morgan fingerprint density at radius 1 is 0.328 bits per heavy atom. The number of carbonyl (C=O) groups is 3. The van der Waals surface area contributed by atoms with Gasteiger partial charge in [-0.2, -0.15) is 0 Å². The summed E-state index contributed by atoms with van der Waals surface area (Å²) in [6, 6.07) is 0. The van der Waals surface area contributed by atoms with E-state index in [0.717, 1.165) is 64.2 Å². The number of unbranched alkanes of at least 4 members (excludes halogenated alkanes) is 28. The number of rotatable bonds is 47. The Labute approximate surface area is 378 Å². The van der Waals surface area contributed by atoms with Gasteiger partial charge in [-0.1, -0.05) is 217 Å². The lowest BCUT2D eigenvalue weighted by atomic mass is 10.1. The van der Waals surface area contributed by atoms with Crippen molar-refractivity contribution in [2.75, 3.05) is 13.2 Å². The molecule has 0 spiro atoms. The van der Waals surface area contributed by atoms with E-state index in [0.29, 0.717) is 19.3 Å². The van der Waals surface area contributed by atoms with E-state index in [4.69, 9.17) is 14.2 Å². The van der Waals surface area contributed by atoms with Crippen molar-refractivity contribution < 1.29 is 28.6 Å². The average molecular weight is 855 g/mol. The first-order valence-electron chi connectivity index (χ1n) is 26.1. The van der Waals surface area contributed by atoms with E-state index >= 15 is 0 Å². The highest BCUT2D eigenvalue weighted by atomic mass is 16.6. The molecule has 0 aliphatic rings. The van der Waals surface area contributed by atoms with Gasteiger partial charge < -0.3 is 14.2 Å². The van der Waals surface area contributed by atoms with Crippen molar-refractivity contribution in [1.29, 1.82) is 0 Å². The van der Waals surface area contributed by atoms with E-state index in [1.54, 1.807) is 0 Å². The summed E-state index contributed by atoms with van der Waals surface area (Å²) < 4.78 is 16.7. The Kier molecular flexibility index (Phi) is 47.9. The molecule has 0 rings (SSSR count). The molecule has 0 aliphatic heterocycles. The minimum absolute atomic E-state index is 0.0909. The summed E-state index contributed by atoms with van der Waals surface area (Å²) in [6.07, 6.45) is 59.6. The van der Waals surface area contributed by atoms with Gasteiger partial charge in [0.25, 0.3) is 0 Å². The van der Waals surface area contributed by atoms with E-state index < -0.39 is 6.10 Å². The Hall–Kier alpha value is -2.63. The molecular weight excluding hydrogens is 757 g/mol. The predicted molar refractivity (Wildman–Crippen MR) is 261 cm³/mol. The fraction of sp³-hybridized carbons (Fsp3) is 0.800. The molecule has 61 heavy (non-hydrogen) atoms. The first-order chi connectivity index (χ1) is 30.0. The summed E-state index contributed by atoms with van der Waals surface area (Å²) in [7, 11) is 0. The zero-order valence-electron chi connectivity index (χ0n) is 40.4. The highest BCUT2D eigenvalue weighted by molar-refractivity contribution is 5.71. The van der Waals surface area contributed by atoms with Crippen LogP contribution in [-0.4, -0.2) is 37.2 Å². The van der Waals surface area contributed by atoms with Gasteiger partial charge in [0.05, 0.1) is 0 Å². The van der Waals surface area contributed by atoms with Gasteiger partial charge in [0.1, 0.15) is 13.2 Å². The van der Waals surface area contributed by atoms with Gasteiger partial charge in [-0.25, -0.2) is 0 Å². The quantitative estimate of drug-likeness (QED) is 0.0263. The minimum atomic E-state index is -0.792. The highest BCUT2D eigenvalue weighted by Gasteiger charge is 2.19. The molecule has 0 aromatic heterocycles. The van der Waals surface area contributed by atoms with Crippen LogP contribution in [0, 0.1) is 0 Å². The standard InChI is InChI=1S/C55H98O6/c1-4-7-10-13-16-19-22-24-26-27-29-31-34-36-39-42-45-48-54(57)60-51-52(61-55(58)49-46-43-40-37-32-21-18-15-12-9-6-3)50-59-53(56)47-44-41-38-35-33-30-28-25-23-20-17-14-11-8-5-2/h24-26,28-29,31,36,39,52H,4-23,27,30,32-35,37-38,40-51H2,1-3H3/b26-24-,28-25-,31-29-,39-36-/t52-/m0/s1. The lowest BCUT2D eigenvalue weighted by Crippen LogP contribution is -2.30. The molecule has 1 atom stereocenters. The third-order valence-electron chi connectivity index (χ3n) is 11.3. The lowest BCUT2D eigenvalue weighted by Gasteiger charge is -2.18. The number of ether oxygens (including phenoxy) is 3. The molecule has 0 saturated heterocycles. The van der Waals surface area contributed by atoms with Crippen LogP contribution >= 0.6 is 0 Å². The van der Waals surface area contributed by atoms with Crippen LogP contribution in [-0.2, 0) is 28.6 Å². The summed E-state index contributed by atoms with van der Waals surface area (Å²) in [6.45, 7) is 6.58. The van der Waals surface area contributed by atoms with Crippen molar-refractivity contribution in [2.45, 2.75) is 271 Å². The molecule has 6 heteroatoms. The Bertz CT molecular complexity index is 1070. The fourth-order valence-electron chi connectivity index (χ4n) is 7.34. The zero-order chi connectivity index (χ0) is 44.4. The first kappa shape index (κ1) is 58.4. The number of esters is 3. The Morgan fingerprint density at radius 3 is 1.00 bits per heavy atom. The molecule has 0 heterocycles. The molecule has 0 aromatic rings. The number of carbonyl (C=O) groups excluding carboxylic acids is 3. The maximum Gasteiger partial charge on any atom is 0.306 e. The van der Waals surface area contributed by atoms with Crippen LogP contribution in [0.3, 0.4) is 0 Å². The predicted octanol–water partition coefficient (Wildman–Crippen LogP) is 17.1. The van der Waals surface area contributed by atoms with Crippen molar-refractivity contribution in [3.8, 4) is 0 Å². The van der Waals surface area contributed by atoms with E-state index in [9.17, 15) is 14.4 Å². The van der Waals surface area contributed by atoms with Crippen LogP contribution in [0.15, 0.2) is 48.6 Å². The van der Waals surface area contributed by atoms with Crippen LogP contribution in [0.2, 0.25) is 0 Å². The smallest absolute Gasteiger partial charge is 0.306 e. The van der Waals surface area contributed by atoms with Gasteiger partial charge in [0, 0.05) is 19.3 Å². The van der Waals surface area contributed by atoms with E-state index in [1.165, 1.54) is 154 Å². The second-order valence-corrected chi connectivity index (χ2v) is 17.4. The summed E-state index contributed by atoms with van der Waals surface area (Å²) in [5, 5.41) is 0. The summed E-state index contributed by atoms with van der Waals surface area (Å²) in [5.41, 5.74) is 0. The normalized spacial score (nSPS) is 12.4. The van der Waals surface area contributed by atoms with Crippen molar-refractivity contribution in [3.05, 3.63) is 48.6 Å². The number of hydrogen-bond donors (Lipinski definition) is 0. The maximum atomic E-state index is 12.8. The van der Waals surface area contributed by atoms with Gasteiger partial charge >= 0.3 is 17.9 Å². The van der Waals surface area contributed by atoms with Crippen LogP contribution in [0.25, 0.3) is 0 Å². The fourth-order valence-corrected chi connectivity index (χ4v) is 7.34. The molecule has 0 aliphatic carbocycles. The maximum absolute atomic E-state index is 12.8. The van der Waals surface area contributed by atoms with Gasteiger partial charge in [0.15, 0.2) is 6.10 Å². The van der Waals surface area contributed by atoms with Crippen molar-refractivity contribution in [2.24, 2.45) is 0 Å². The molecule has 354 valence electrons. The summed E-state index contributed by atoms with van der Waals surface area (Å²) in [5.74, 6) is -0.947. The first-order valence-corrected chi connectivity index (χ1v) is 26.1. The largest absolute Gasteiger partial charge is 0.462 e. The summed E-state index contributed by atoms with van der Waals surface area (Å²) >= 11 is 0. The minimum Gasteiger partial charge on any atom is -0.462 e. The molecular formula is C55H98O6. The molecule has 0 fully saturated rings. The number of allylic oxidation sites excluding steroid dienone is 8. The van der Waals surface area contributed by atoms with Crippen LogP contribution in [0.1, 0.15) is 265 Å². The zero-order valence-corrected chi connectivity index (χ0v) is 40.4. The molecule has 0 bridgehead atoms. The van der Waals surface area contributed by atoms with E-state index in [1.807, 2.05) is 0 Å². The molecule has 0 radical (unpaired) electrons. The number of hydrogen-bond acceptors (Lipinski definition) is 6. The van der Waals surface area contributed by atoms with Crippen LogP contribution in [0.5, 0.6) is 0 Å². The molecule has 0 amide bonds. The van der Waals surface area contributed by atoms with Gasteiger partial charge in [-0.3, -0.25) is 14.4 Å². The Morgan fingerprint density at radius 2 is 0.607 bits per heavy atom. The third-order valence-corrected chi connectivity index (χ3v) is 11.3. The van der Waals surface area contributed by atoms with Crippen LogP contribution < -0.4 is 0 Å². The third kappa shape index (κ3) is 48.3. The van der Waals surface area contributed by atoms with Crippen molar-refractivity contribution in [1.82, 2.24) is 0 Å². The second-order valence-electron chi connectivity index (χ2n) is 17.4. The van der Waals surface area contributed by atoms with Crippen molar-refractivity contribution >= 4 is 17.9 Å². The topological polar surface area (TPSA) is 78.9 Å². The molecule has 6 nitrogen and oxygen atoms in total. The van der Waals surface area contributed by atoms with Gasteiger partial charge in [-0.15, -0.1) is 0 Å². The van der Waals surface area contributed by atoms with Crippen molar-refractivity contribution in [3.63, 3.8) is 0 Å². The SMILES string of the molecule is CCCCCCCC/C=C\C/C=C\C/C=C\CCCC(=O)OC[C@H](COC(=O)CCCCCCC/C=C\CCCCCCCC)OC(=O)CCCCCCCCCCCCC. The monoisotopic (exact) mass is 855 g/mol. The average Bonchev–Trinajstić information content (AvgIpc) is 3.26. The highest BCUT2D eigenvalue weighted by Crippen LogP contribution is 2.14. The van der Waals surface area contributed by atoms with Gasteiger partial charge in [-0.05, 0) is 77.0 Å². The van der Waals surface area contributed by atoms with Crippen LogP contribution in [0.4, 0.5) is 0 Å². The molecule has 0 unspecified atom stereocenters. The van der Waals surface area contributed by atoms with Gasteiger partial charge in [0.2, 0.25) is 0 Å². The second kappa shape index (κ2) is 50.0. The Balaban J connectivity index is 4.42. The molecule has 0 saturated carbocycles.